The first-order valence-electron chi connectivity index (χ1n) is 6.72. The van der Waals surface area contributed by atoms with Gasteiger partial charge in [-0.05, 0) is 43.5 Å². The average molecular weight is 278 g/mol. The molecule has 1 atom stereocenters. The Balaban J connectivity index is 2.36. The molecule has 2 amide bonds. The molecule has 0 bridgehead atoms. The van der Waals surface area contributed by atoms with Crippen LogP contribution in [0, 0.1) is 19.8 Å². The van der Waals surface area contributed by atoms with Crippen LogP contribution in [0.15, 0.2) is 18.2 Å². The molecule has 0 saturated heterocycles. The third-order valence-corrected chi connectivity index (χ3v) is 3.23. The lowest BCUT2D eigenvalue weighted by molar-refractivity contribution is -0.131. The SMILES string of the molecule is CCC(C)C(=O)NNC(=O)COc1ccc(C)c(C)c1. The van der Waals surface area contributed by atoms with Crippen molar-refractivity contribution in [3.8, 4) is 5.75 Å². The molecule has 1 unspecified atom stereocenters. The van der Waals surface area contributed by atoms with Crippen molar-refractivity contribution in [1.29, 1.82) is 0 Å². The van der Waals surface area contributed by atoms with E-state index in [9.17, 15) is 9.59 Å². The van der Waals surface area contributed by atoms with Gasteiger partial charge in [-0.15, -0.1) is 0 Å². The second-order valence-electron chi connectivity index (χ2n) is 4.88. The van der Waals surface area contributed by atoms with E-state index in [2.05, 4.69) is 10.9 Å². The van der Waals surface area contributed by atoms with E-state index in [0.717, 1.165) is 12.0 Å². The average Bonchev–Trinajstić information content (AvgIpc) is 2.45. The monoisotopic (exact) mass is 278 g/mol. The Labute approximate surface area is 119 Å². The van der Waals surface area contributed by atoms with E-state index in [1.807, 2.05) is 39.0 Å². The molecule has 0 fully saturated rings. The Bertz CT molecular complexity index is 486. The molecule has 2 N–H and O–H groups in total. The van der Waals surface area contributed by atoms with Crippen LogP contribution in [-0.2, 0) is 9.59 Å². The van der Waals surface area contributed by atoms with E-state index in [4.69, 9.17) is 4.74 Å². The fourth-order valence-electron chi connectivity index (χ4n) is 1.43. The van der Waals surface area contributed by atoms with E-state index in [1.54, 1.807) is 6.92 Å². The zero-order chi connectivity index (χ0) is 15.1. The first-order valence-corrected chi connectivity index (χ1v) is 6.72. The highest BCUT2D eigenvalue weighted by molar-refractivity contribution is 5.83. The Kier molecular flexibility index (Phi) is 6.03. The number of hydrazine groups is 1. The van der Waals surface area contributed by atoms with Gasteiger partial charge in [-0.25, -0.2) is 0 Å². The molecule has 0 aliphatic carbocycles. The predicted octanol–water partition coefficient (Wildman–Crippen LogP) is 1.88. The largest absolute Gasteiger partial charge is 0.484 e. The molecule has 5 nitrogen and oxygen atoms in total. The highest BCUT2D eigenvalue weighted by Crippen LogP contribution is 2.16. The summed E-state index contributed by atoms with van der Waals surface area (Å²) in [7, 11) is 0. The summed E-state index contributed by atoms with van der Waals surface area (Å²) >= 11 is 0. The van der Waals surface area contributed by atoms with Crippen LogP contribution >= 0.6 is 0 Å². The van der Waals surface area contributed by atoms with E-state index >= 15 is 0 Å². The van der Waals surface area contributed by atoms with Crippen LogP contribution < -0.4 is 15.6 Å². The Morgan fingerprint density at radius 1 is 1.20 bits per heavy atom. The van der Waals surface area contributed by atoms with Gasteiger partial charge in [0, 0.05) is 5.92 Å². The number of hydrogen-bond acceptors (Lipinski definition) is 3. The molecule has 1 rings (SSSR count). The molecule has 0 saturated carbocycles. The van der Waals surface area contributed by atoms with E-state index in [1.165, 1.54) is 5.56 Å². The van der Waals surface area contributed by atoms with Crippen LogP contribution in [0.2, 0.25) is 0 Å². The highest BCUT2D eigenvalue weighted by Gasteiger charge is 2.11. The minimum absolute atomic E-state index is 0.129. The summed E-state index contributed by atoms with van der Waals surface area (Å²) in [6, 6.07) is 5.63. The van der Waals surface area contributed by atoms with Crippen molar-refractivity contribution in [2.75, 3.05) is 6.61 Å². The molecule has 0 aromatic heterocycles. The van der Waals surface area contributed by atoms with Gasteiger partial charge in [0.1, 0.15) is 5.75 Å². The van der Waals surface area contributed by atoms with Gasteiger partial charge in [0.15, 0.2) is 6.61 Å². The fourth-order valence-corrected chi connectivity index (χ4v) is 1.43. The summed E-state index contributed by atoms with van der Waals surface area (Å²) in [5, 5.41) is 0. The van der Waals surface area contributed by atoms with Gasteiger partial charge in [-0.2, -0.15) is 0 Å². The Morgan fingerprint density at radius 2 is 1.90 bits per heavy atom. The maximum atomic E-state index is 11.5. The number of carbonyl (C=O) groups is 2. The van der Waals surface area contributed by atoms with Crippen molar-refractivity contribution in [3.63, 3.8) is 0 Å². The molecule has 20 heavy (non-hydrogen) atoms. The molecule has 0 aliphatic heterocycles. The number of carbonyl (C=O) groups excluding carboxylic acids is 2. The standard InChI is InChI=1S/C15H22N2O3/c1-5-10(2)15(19)17-16-14(18)9-20-13-7-6-11(3)12(4)8-13/h6-8,10H,5,9H2,1-4H3,(H,16,18)(H,17,19). The van der Waals surface area contributed by atoms with Crippen LogP contribution in [0.4, 0.5) is 0 Å². The number of rotatable bonds is 5. The maximum Gasteiger partial charge on any atom is 0.276 e. The molecule has 5 heteroatoms. The van der Waals surface area contributed by atoms with Crippen molar-refractivity contribution in [1.82, 2.24) is 10.9 Å². The number of aryl methyl sites for hydroxylation is 2. The summed E-state index contributed by atoms with van der Waals surface area (Å²) in [6.07, 6.45) is 0.723. The van der Waals surface area contributed by atoms with Crippen LogP contribution in [0.5, 0.6) is 5.75 Å². The van der Waals surface area contributed by atoms with Gasteiger partial charge >= 0.3 is 0 Å². The predicted molar refractivity (Wildman–Crippen MR) is 77.2 cm³/mol. The molecular formula is C15H22N2O3. The summed E-state index contributed by atoms with van der Waals surface area (Å²) < 4.78 is 5.36. The quantitative estimate of drug-likeness (QED) is 0.808. The number of benzene rings is 1. The second-order valence-corrected chi connectivity index (χ2v) is 4.88. The summed E-state index contributed by atoms with van der Waals surface area (Å²) in [6.45, 7) is 7.57. The summed E-state index contributed by atoms with van der Waals surface area (Å²) in [5.41, 5.74) is 6.98. The zero-order valence-corrected chi connectivity index (χ0v) is 12.4. The van der Waals surface area contributed by atoms with E-state index in [0.29, 0.717) is 5.75 Å². The first kappa shape index (κ1) is 16.0. The van der Waals surface area contributed by atoms with Gasteiger partial charge in [0.2, 0.25) is 5.91 Å². The molecule has 0 radical (unpaired) electrons. The van der Waals surface area contributed by atoms with Gasteiger partial charge < -0.3 is 4.74 Å². The zero-order valence-electron chi connectivity index (χ0n) is 12.4. The smallest absolute Gasteiger partial charge is 0.276 e. The number of ether oxygens (including phenoxy) is 1. The lowest BCUT2D eigenvalue weighted by Crippen LogP contribution is -2.45. The van der Waals surface area contributed by atoms with Crippen molar-refractivity contribution >= 4 is 11.8 Å². The van der Waals surface area contributed by atoms with Crippen molar-refractivity contribution in [3.05, 3.63) is 29.3 Å². The van der Waals surface area contributed by atoms with Crippen LogP contribution in [-0.4, -0.2) is 18.4 Å². The molecule has 0 spiro atoms. The van der Waals surface area contributed by atoms with Crippen LogP contribution in [0.25, 0.3) is 0 Å². The van der Waals surface area contributed by atoms with Crippen molar-refractivity contribution in [2.24, 2.45) is 5.92 Å². The third kappa shape index (κ3) is 4.91. The second kappa shape index (κ2) is 7.53. The summed E-state index contributed by atoms with van der Waals surface area (Å²) in [4.78, 5) is 23.0. The van der Waals surface area contributed by atoms with E-state index < -0.39 is 0 Å². The minimum atomic E-state index is -0.389. The number of hydrogen-bond donors (Lipinski definition) is 2. The van der Waals surface area contributed by atoms with Gasteiger partial charge in [-0.1, -0.05) is 19.9 Å². The van der Waals surface area contributed by atoms with Gasteiger partial charge in [0.25, 0.3) is 5.91 Å². The minimum Gasteiger partial charge on any atom is -0.484 e. The molecule has 0 aliphatic rings. The Hall–Kier alpha value is -2.04. The molecule has 1 aromatic carbocycles. The summed E-state index contributed by atoms with van der Waals surface area (Å²) in [5.74, 6) is -0.0839. The lowest BCUT2D eigenvalue weighted by Gasteiger charge is -2.12. The van der Waals surface area contributed by atoms with Crippen molar-refractivity contribution < 1.29 is 14.3 Å². The molecule has 110 valence electrons. The highest BCUT2D eigenvalue weighted by atomic mass is 16.5. The van der Waals surface area contributed by atoms with Gasteiger partial charge in [0.05, 0.1) is 0 Å². The fraction of sp³-hybridized carbons (Fsp3) is 0.467. The maximum absolute atomic E-state index is 11.5. The Morgan fingerprint density at radius 3 is 2.50 bits per heavy atom. The van der Waals surface area contributed by atoms with Crippen molar-refractivity contribution in [2.45, 2.75) is 34.1 Å². The van der Waals surface area contributed by atoms with Crippen LogP contribution in [0.1, 0.15) is 31.4 Å². The molecule has 0 heterocycles. The normalized spacial score (nSPS) is 11.6. The van der Waals surface area contributed by atoms with Gasteiger partial charge in [-0.3, -0.25) is 20.4 Å². The van der Waals surface area contributed by atoms with Crippen LogP contribution in [0.3, 0.4) is 0 Å². The number of nitrogens with one attached hydrogen (secondary N) is 2. The van der Waals surface area contributed by atoms with E-state index in [-0.39, 0.29) is 24.3 Å². The number of amides is 2. The first-order chi connectivity index (χ1) is 9.43. The lowest BCUT2D eigenvalue weighted by atomic mass is 10.1. The topological polar surface area (TPSA) is 67.4 Å². The third-order valence-electron chi connectivity index (χ3n) is 3.23. The molecule has 1 aromatic rings. The molecular weight excluding hydrogens is 256 g/mol.